The molecular weight excluding hydrogens is 466 g/mol. The molecule has 178 valence electrons. The van der Waals surface area contributed by atoms with Crippen molar-refractivity contribution in [2.45, 2.75) is 30.8 Å². The summed E-state index contributed by atoms with van der Waals surface area (Å²) in [6.07, 6.45) is 3.29. The van der Waals surface area contributed by atoms with E-state index in [9.17, 15) is 8.42 Å². The first-order valence-corrected chi connectivity index (χ1v) is 12.9. The predicted octanol–water partition coefficient (Wildman–Crippen LogP) is 3.97. The number of aryl methyl sites for hydroxylation is 1. The molecule has 0 saturated carbocycles. The molecule has 1 aliphatic heterocycles. The first-order valence-electron chi connectivity index (χ1n) is 11.4. The van der Waals surface area contributed by atoms with Gasteiger partial charge in [0.1, 0.15) is 0 Å². The minimum absolute atomic E-state index is 0.0879. The van der Waals surface area contributed by atoms with Gasteiger partial charge >= 0.3 is 0 Å². The van der Waals surface area contributed by atoms with Crippen molar-refractivity contribution < 1.29 is 17.6 Å². The topological polar surface area (TPSA) is 112 Å². The van der Waals surface area contributed by atoms with Crippen LogP contribution in [0.1, 0.15) is 18.4 Å². The Labute approximate surface area is 201 Å². The summed E-state index contributed by atoms with van der Waals surface area (Å²) in [6.45, 7) is 2.71. The van der Waals surface area contributed by atoms with E-state index in [1.54, 1.807) is 42.0 Å². The fraction of sp³-hybridized carbons (Fsp3) is 0.240. The molecule has 0 amide bonds. The van der Waals surface area contributed by atoms with Gasteiger partial charge in [-0.3, -0.25) is 0 Å². The van der Waals surface area contributed by atoms with Crippen LogP contribution in [0.25, 0.3) is 39.3 Å². The van der Waals surface area contributed by atoms with Gasteiger partial charge in [0.2, 0.25) is 15.8 Å². The third kappa shape index (κ3) is 3.89. The molecule has 4 heterocycles. The number of fused-ring (bicyclic) bond motifs is 3. The van der Waals surface area contributed by atoms with Crippen molar-refractivity contribution in [2.75, 3.05) is 13.2 Å². The number of hydrogen-bond donors (Lipinski definition) is 1. The van der Waals surface area contributed by atoms with Gasteiger partial charge in [-0.1, -0.05) is 36.4 Å². The quantitative estimate of drug-likeness (QED) is 0.384. The normalized spacial score (nSPS) is 16.4. The summed E-state index contributed by atoms with van der Waals surface area (Å²) in [5, 5.41) is 15.2. The fourth-order valence-electron chi connectivity index (χ4n) is 4.48. The van der Waals surface area contributed by atoms with E-state index in [0.29, 0.717) is 40.7 Å². The lowest BCUT2D eigenvalue weighted by molar-refractivity contribution is 0.114. The van der Waals surface area contributed by atoms with Gasteiger partial charge in [-0.15, -0.1) is 10.2 Å². The summed E-state index contributed by atoms with van der Waals surface area (Å²) >= 11 is 0. The lowest BCUT2D eigenvalue weighted by atomic mass is 10.0. The summed E-state index contributed by atoms with van der Waals surface area (Å²) in [6, 6.07) is 16.7. The zero-order valence-electron chi connectivity index (χ0n) is 19.0. The van der Waals surface area contributed by atoms with E-state index < -0.39 is 10.0 Å². The highest BCUT2D eigenvalue weighted by Crippen LogP contribution is 2.32. The van der Waals surface area contributed by atoms with Crippen molar-refractivity contribution in [3.8, 4) is 22.8 Å². The Bertz CT molecular complexity index is 1640. The number of nitrogens with one attached hydrogen (secondary N) is 1. The smallest absolute Gasteiger partial charge is 0.240 e. The second-order valence-corrected chi connectivity index (χ2v) is 10.3. The van der Waals surface area contributed by atoms with Crippen LogP contribution in [-0.4, -0.2) is 47.5 Å². The number of nitrogens with zero attached hydrogens (tertiary/aromatic N) is 4. The average molecular weight is 490 g/mol. The summed E-state index contributed by atoms with van der Waals surface area (Å²) in [7, 11) is -3.74. The Balaban J connectivity index is 1.49. The van der Waals surface area contributed by atoms with Crippen LogP contribution in [0.15, 0.2) is 70.2 Å². The van der Waals surface area contributed by atoms with Crippen molar-refractivity contribution in [3.63, 3.8) is 0 Å². The van der Waals surface area contributed by atoms with E-state index in [1.807, 2.05) is 30.3 Å². The van der Waals surface area contributed by atoms with Crippen molar-refractivity contribution in [2.24, 2.45) is 0 Å². The van der Waals surface area contributed by atoms with Gasteiger partial charge in [0.05, 0.1) is 23.0 Å². The lowest BCUT2D eigenvalue weighted by Crippen LogP contribution is -2.32. The van der Waals surface area contributed by atoms with Crippen molar-refractivity contribution in [1.29, 1.82) is 0 Å². The van der Waals surface area contributed by atoms with Crippen molar-refractivity contribution in [1.82, 2.24) is 24.5 Å². The van der Waals surface area contributed by atoms with Gasteiger partial charge < -0.3 is 9.15 Å². The molecule has 1 atom stereocenters. The van der Waals surface area contributed by atoms with E-state index >= 15 is 0 Å². The maximum absolute atomic E-state index is 13.2. The van der Waals surface area contributed by atoms with Gasteiger partial charge in [0, 0.05) is 29.5 Å². The van der Waals surface area contributed by atoms with Gasteiger partial charge in [0.25, 0.3) is 0 Å². The Morgan fingerprint density at radius 1 is 1.09 bits per heavy atom. The number of sulfonamides is 1. The lowest BCUT2D eigenvalue weighted by Gasteiger charge is -2.14. The molecule has 2 aromatic carbocycles. The summed E-state index contributed by atoms with van der Waals surface area (Å²) in [5.41, 5.74) is 2.54. The zero-order chi connectivity index (χ0) is 24.0. The van der Waals surface area contributed by atoms with E-state index in [0.717, 1.165) is 23.6 Å². The molecular formula is C25H23N5O4S. The highest BCUT2D eigenvalue weighted by Gasteiger charge is 2.23. The molecule has 0 spiro atoms. The molecule has 6 rings (SSSR count). The van der Waals surface area contributed by atoms with Crippen LogP contribution in [0, 0.1) is 6.92 Å². The molecule has 1 fully saturated rings. The predicted molar refractivity (Wildman–Crippen MR) is 130 cm³/mol. The van der Waals surface area contributed by atoms with Gasteiger partial charge in [-0.05, 0) is 43.5 Å². The molecule has 9 nitrogen and oxygen atoms in total. The molecule has 3 aromatic heterocycles. The van der Waals surface area contributed by atoms with E-state index in [4.69, 9.17) is 14.3 Å². The second kappa shape index (κ2) is 8.56. The van der Waals surface area contributed by atoms with Crippen LogP contribution >= 0.6 is 0 Å². The molecule has 0 aliphatic carbocycles. The summed E-state index contributed by atoms with van der Waals surface area (Å²) in [5.74, 6) is 1.01. The standard InChI is InChI=1S/C25H23N5O4S/c1-16-10-11-17(14-22(16)35(31,32)26-15-18-6-4-12-33-18)23-19-7-2-3-8-20(19)24-27-28-25(30(24)29-23)21-9-5-13-34-21/h2-3,5,7-11,13-14,18,26H,4,6,12,15H2,1H3/t18-/m0/s1. The zero-order valence-corrected chi connectivity index (χ0v) is 19.8. The monoisotopic (exact) mass is 489 g/mol. The van der Waals surface area contributed by atoms with Crippen LogP contribution in [0.4, 0.5) is 0 Å². The van der Waals surface area contributed by atoms with Crippen molar-refractivity contribution in [3.05, 3.63) is 66.4 Å². The summed E-state index contributed by atoms with van der Waals surface area (Å²) in [4.78, 5) is 0.217. The third-order valence-corrected chi connectivity index (χ3v) is 7.85. The Hall–Kier alpha value is -3.60. The van der Waals surface area contributed by atoms with Crippen LogP contribution in [0.5, 0.6) is 0 Å². The summed E-state index contributed by atoms with van der Waals surface area (Å²) < 4.78 is 41.9. The van der Waals surface area contributed by atoms with Crippen LogP contribution in [-0.2, 0) is 14.8 Å². The third-order valence-electron chi connectivity index (χ3n) is 6.28. The molecule has 35 heavy (non-hydrogen) atoms. The van der Waals surface area contributed by atoms with Gasteiger partial charge in [-0.2, -0.15) is 9.61 Å². The number of rotatable bonds is 6. The molecule has 1 aliphatic rings. The largest absolute Gasteiger partial charge is 0.461 e. The fourth-order valence-corrected chi connectivity index (χ4v) is 5.81. The Kier molecular flexibility index (Phi) is 5.36. The molecule has 0 radical (unpaired) electrons. The minimum atomic E-state index is -3.74. The maximum atomic E-state index is 13.2. The molecule has 1 N–H and O–H groups in total. The second-order valence-electron chi connectivity index (χ2n) is 8.60. The first-order chi connectivity index (χ1) is 17.0. The highest BCUT2D eigenvalue weighted by atomic mass is 32.2. The van der Waals surface area contributed by atoms with E-state index in [1.165, 1.54) is 0 Å². The molecule has 0 bridgehead atoms. The van der Waals surface area contributed by atoms with E-state index in [-0.39, 0.29) is 17.5 Å². The van der Waals surface area contributed by atoms with Crippen LogP contribution in [0.2, 0.25) is 0 Å². The SMILES string of the molecule is Cc1ccc(-c2nn3c(-c4ccco4)nnc3c3ccccc23)cc1S(=O)(=O)NC[C@@H]1CCCO1. The molecule has 5 aromatic rings. The maximum Gasteiger partial charge on any atom is 0.240 e. The Morgan fingerprint density at radius 2 is 1.94 bits per heavy atom. The average Bonchev–Trinajstić information content (AvgIpc) is 3.64. The highest BCUT2D eigenvalue weighted by molar-refractivity contribution is 7.89. The number of benzene rings is 2. The number of hydrogen-bond acceptors (Lipinski definition) is 7. The number of aromatic nitrogens is 4. The van der Waals surface area contributed by atoms with Gasteiger partial charge in [-0.25, -0.2) is 13.1 Å². The van der Waals surface area contributed by atoms with Crippen LogP contribution < -0.4 is 4.72 Å². The molecule has 1 saturated heterocycles. The number of furan rings is 1. The van der Waals surface area contributed by atoms with Crippen molar-refractivity contribution >= 4 is 26.4 Å². The van der Waals surface area contributed by atoms with Gasteiger partial charge in [0.15, 0.2) is 11.4 Å². The molecule has 10 heteroatoms. The molecule has 0 unspecified atom stereocenters. The Morgan fingerprint density at radius 3 is 2.71 bits per heavy atom. The number of ether oxygens (including phenoxy) is 1. The first kappa shape index (κ1) is 21.9. The minimum Gasteiger partial charge on any atom is -0.461 e. The van der Waals surface area contributed by atoms with E-state index in [2.05, 4.69) is 14.9 Å². The van der Waals surface area contributed by atoms with Crippen LogP contribution in [0.3, 0.4) is 0 Å².